The summed E-state index contributed by atoms with van der Waals surface area (Å²) in [5.74, 6) is 1.20. The summed E-state index contributed by atoms with van der Waals surface area (Å²) in [6, 6.07) is 1.54. The Morgan fingerprint density at radius 1 is 1.24 bits per heavy atom. The lowest BCUT2D eigenvalue weighted by molar-refractivity contribution is 0.136. The Balaban J connectivity index is 1.86. The highest BCUT2D eigenvalue weighted by Gasteiger charge is 2.37. The normalized spacial score (nSPS) is 27.3. The summed E-state index contributed by atoms with van der Waals surface area (Å²) in [6.07, 6.45) is 7.36. The molecule has 3 rings (SSSR count). The van der Waals surface area contributed by atoms with Gasteiger partial charge in [0.2, 0.25) is 10.0 Å². The van der Waals surface area contributed by atoms with Crippen molar-refractivity contribution in [3.8, 4) is 0 Å². The molecule has 1 aliphatic heterocycles. The van der Waals surface area contributed by atoms with Crippen molar-refractivity contribution in [1.82, 2.24) is 9.29 Å². The van der Waals surface area contributed by atoms with Crippen LogP contribution in [0.25, 0.3) is 0 Å². The Morgan fingerprint density at radius 2 is 1.95 bits per heavy atom. The van der Waals surface area contributed by atoms with Crippen molar-refractivity contribution >= 4 is 37.6 Å². The van der Waals surface area contributed by atoms with Gasteiger partial charge < -0.3 is 0 Å². The van der Waals surface area contributed by atoms with Gasteiger partial charge in [0, 0.05) is 23.8 Å². The molecule has 7 heteroatoms. The molecule has 2 atom stereocenters. The van der Waals surface area contributed by atoms with Gasteiger partial charge in [0.1, 0.15) is 10.0 Å². The van der Waals surface area contributed by atoms with E-state index in [9.17, 15) is 8.42 Å². The second-order valence-corrected chi connectivity index (χ2v) is 9.08. The molecule has 2 heterocycles. The fourth-order valence-electron chi connectivity index (χ4n) is 3.51. The highest BCUT2D eigenvalue weighted by molar-refractivity contribution is 9.10. The lowest BCUT2D eigenvalue weighted by Gasteiger charge is -2.40. The monoisotopic (exact) mass is 392 g/mol. The molecule has 1 aromatic heterocycles. The summed E-state index contributed by atoms with van der Waals surface area (Å²) >= 11 is 9.26. The Hall–Kier alpha value is -0.170. The van der Waals surface area contributed by atoms with Gasteiger partial charge in [0.15, 0.2) is 0 Å². The van der Waals surface area contributed by atoms with Gasteiger partial charge in [-0.3, -0.25) is 0 Å². The summed E-state index contributed by atoms with van der Waals surface area (Å²) in [5.41, 5.74) is 0. The fraction of sp³-hybridized carbons (Fsp3) is 0.643. The van der Waals surface area contributed by atoms with Crippen molar-refractivity contribution in [2.75, 3.05) is 13.1 Å². The fourth-order valence-corrected chi connectivity index (χ4v) is 5.94. The van der Waals surface area contributed by atoms with E-state index in [1.54, 1.807) is 4.31 Å². The number of nitrogens with zero attached hydrogens (tertiary/aromatic N) is 2. The first-order valence-corrected chi connectivity index (χ1v) is 9.91. The van der Waals surface area contributed by atoms with E-state index in [0.29, 0.717) is 29.4 Å². The van der Waals surface area contributed by atoms with Gasteiger partial charge >= 0.3 is 0 Å². The maximum Gasteiger partial charge on any atom is 0.246 e. The van der Waals surface area contributed by atoms with Crippen LogP contribution in [0.5, 0.6) is 0 Å². The van der Waals surface area contributed by atoms with Gasteiger partial charge in [-0.2, -0.15) is 4.31 Å². The number of fused-ring (bicyclic) bond motifs is 1. The molecular weight excluding hydrogens is 376 g/mol. The van der Waals surface area contributed by atoms with Crippen molar-refractivity contribution in [2.45, 2.75) is 37.0 Å². The number of aromatic nitrogens is 1. The third-order valence-electron chi connectivity index (χ3n) is 4.65. The third kappa shape index (κ3) is 3.14. The molecule has 0 spiro atoms. The van der Waals surface area contributed by atoms with E-state index >= 15 is 0 Å². The zero-order chi connectivity index (χ0) is 15.0. The van der Waals surface area contributed by atoms with E-state index in [1.807, 2.05) is 0 Å². The molecule has 0 bridgehead atoms. The van der Waals surface area contributed by atoms with E-state index in [1.165, 1.54) is 31.5 Å². The van der Waals surface area contributed by atoms with E-state index in [2.05, 4.69) is 20.9 Å². The van der Waals surface area contributed by atoms with Crippen LogP contribution in [0.15, 0.2) is 21.6 Å². The first-order chi connectivity index (χ1) is 9.98. The summed E-state index contributed by atoms with van der Waals surface area (Å²) in [5, 5.41) is 0.0453. The van der Waals surface area contributed by atoms with Crippen molar-refractivity contribution in [3.05, 3.63) is 21.9 Å². The highest BCUT2D eigenvalue weighted by Crippen LogP contribution is 2.38. The average molecular weight is 394 g/mol. The number of halogens is 2. The Morgan fingerprint density at radius 3 is 2.71 bits per heavy atom. The molecule has 116 valence electrons. The molecule has 4 nitrogen and oxygen atoms in total. The molecule has 1 saturated carbocycles. The average Bonchev–Trinajstić information content (AvgIpc) is 2.49. The highest BCUT2D eigenvalue weighted by atomic mass is 79.9. The van der Waals surface area contributed by atoms with Crippen LogP contribution in [0, 0.1) is 11.8 Å². The van der Waals surface area contributed by atoms with Crippen molar-refractivity contribution < 1.29 is 8.42 Å². The van der Waals surface area contributed by atoms with Crippen molar-refractivity contribution in [1.29, 1.82) is 0 Å². The Bertz CT molecular complexity index is 638. The largest absolute Gasteiger partial charge is 0.246 e. The SMILES string of the molecule is O=S(=O)(c1cc(Br)cnc1Cl)N1CCC2CCCCC2C1. The maximum absolute atomic E-state index is 12.8. The van der Waals surface area contributed by atoms with E-state index < -0.39 is 10.0 Å². The van der Waals surface area contributed by atoms with Gasteiger partial charge in [0.25, 0.3) is 0 Å². The van der Waals surface area contributed by atoms with Crippen LogP contribution >= 0.6 is 27.5 Å². The molecule has 0 amide bonds. The minimum Gasteiger partial charge on any atom is -0.242 e. The van der Waals surface area contributed by atoms with Crippen LogP contribution in [0.2, 0.25) is 5.15 Å². The Labute approximate surface area is 139 Å². The molecule has 1 aliphatic carbocycles. The zero-order valence-corrected chi connectivity index (χ0v) is 14.8. The molecule has 21 heavy (non-hydrogen) atoms. The van der Waals surface area contributed by atoms with Crippen LogP contribution < -0.4 is 0 Å². The van der Waals surface area contributed by atoms with E-state index in [4.69, 9.17) is 11.6 Å². The summed E-state index contributed by atoms with van der Waals surface area (Å²) in [4.78, 5) is 4.04. The van der Waals surface area contributed by atoms with Crippen LogP contribution in [0.1, 0.15) is 32.1 Å². The Kier molecular flexibility index (Phi) is 4.60. The van der Waals surface area contributed by atoms with Crippen LogP contribution in [0.4, 0.5) is 0 Å². The second-order valence-electron chi connectivity index (χ2n) is 5.90. The number of pyridine rings is 1. The topological polar surface area (TPSA) is 50.3 Å². The van der Waals surface area contributed by atoms with Gasteiger partial charge in [-0.15, -0.1) is 0 Å². The molecule has 1 saturated heterocycles. The first-order valence-electron chi connectivity index (χ1n) is 7.29. The zero-order valence-electron chi connectivity index (χ0n) is 11.6. The van der Waals surface area contributed by atoms with Gasteiger partial charge in [-0.1, -0.05) is 30.9 Å². The molecule has 2 unspecified atom stereocenters. The maximum atomic E-state index is 12.8. The predicted octanol–water partition coefficient (Wildman–Crippen LogP) is 3.70. The second kappa shape index (κ2) is 6.14. The number of hydrogen-bond acceptors (Lipinski definition) is 3. The molecule has 2 fully saturated rings. The molecule has 1 aromatic rings. The van der Waals surface area contributed by atoms with Crippen LogP contribution in [-0.2, 0) is 10.0 Å². The number of piperidine rings is 1. The number of hydrogen-bond donors (Lipinski definition) is 0. The third-order valence-corrected chi connectivity index (χ3v) is 7.37. The quantitative estimate of drug-likeness (QED) is 0.720. The van der Waals surface area contributed by atoms with E-state index in [0.717, 1.165) is 12.8 Å². The smallest absolute Gasteiger partial charge is 0.242 e. The van der Waals surface area contributed by atoms with Gasteiger partial charge in [0.05, 0.1) is 0 Å². The van der Waals surface area contributed by atoms with Crippen molar-refractivity contribution in [3.63, 3.8) is 0 Å². The number of sulfonamides is 1. The molecule has 0 aromatic carbocycles. The van der Waals surface area contributed by atoms with Gasteiger partial charge in [-0.05, 0) is 46.7 Å². The molecule has 2 aliphatic rings. The summed E-state index contributed by atoms with van der Waals surface area (Å²) < 4.78 is 27.8. The van der Waals surface area contributed by atoms with Crippen LogP contribution in [-0.4, -0.2) is 30.8 Å². The predicted molar refractivity (Wildman–Crippen MR) is 85.8 cm³/mol. The molecular formula is C14H18BrClN2O2S. The lowest BCUT2D eigenvalue weighted by Crippen LogP contribution is -2.44. The first kappa shape index (κ1) is 15.7. The molecule has 0 N–H and O–H groups in total. The lowest BCUT2D eigenvalue weighted by atomic mass is 9.76. The standard InChI is InChI=1S/C14H18BrClN2O2S/c15-12-7-13(14(16)17-8-12)21(19,20)18-6-5-10-3-1-2-4-11(10)9-18/h7-8,10-11H,1-6,9H2. The molecule has 0 radical (unpaired) electrons. The number of rotatable bonds is 2. The minimum atomic E-state index is -3.56. The van der Waals surface area contributed by atoms with Crippen LogP contribution in [0.3, 0.4) is 0 Å². The van der Waals surface area contributed by atoms with Gasteiger partial charge in [-0.25, -0.2) is 13.4 Å². The van der Waals surface area contributed by atoms with E-state index in [-0.39, 0.29) is 10.0 Å². The minimum absolute atomic E-state index is 0.0453. The summed E-state index contributed by atoms with van der Waals surface area (Å²) in [7, 11) is -3.56. The summed E-state index contributed by atoms with van der Waals surface area (Å²) in [6.45, 7) is 1.21. The van der Waals surface area contributed by atoms with Crippen molar-refractivity contribution in [2.24, 2.45) is 11.8 Å².